The molecule has 5 heteroatoms. The molecule has 3 unspecified atom stereocenters. The van der Waals surface area contributed by atoms with Crippen molar-refractivity contribution in [3.63, 3.8) is 0 Å². The van der Waals surface area contributed by atoms with E-state index in [1.54, 1.807) is 0 Å². The summed E-state index contributed by atoms with van der Waals surface area (Å²) in [6.45, 7) is 0. The van der Waals surface area contributed by atoms with Crippen LogP contribution >= 0.6 is 0 Å². The van der Waals surface area contributed by atoms with Crippen LogP contribution in [0.3, 0.4) is 0 Å². The van der Waals surface area contributed by atoms with Crippen LogP contribution in [0.2, 0.25) is 0 Å². The molecule has 0 aromatic carbocycles. The molecule has 2 bridgehead atoms. The molecule has 1 aromatic heterocycles. The summed E-state index contributed by atoms with van der Waals surface area (Å²) in [5, 5.41) is 4.07. The Labute approximate surface area is 99.7 Å². The molecule has 17 heavy (non-hydrogen) atoms. The van der Waals surface area contributed by atoms with Crippen LogP contribution in [0.4, 0.5) is 0 Å². The lowest BCUT2D eigenvalue weighted by Gasteiger charge is -2.34. The Hall–Kier alpha value is -0.940. The first kappa shape index (κ1) is 10.0. The molecule has 2 aliphatic heterocycles. The van der Waals surface area contributed by atoms with E-state index < -0.39 is 0 Å². The van der Waals surface area contributed by atoms with Gasteiger partial charge in [-0.1, -0.05) is 5.16 Å². The third-order valence-electron chi connectivity index (χ3n) is 4.56. The third kappa shape index (κ3) is 1.39. The van der Waals surface area contributed by atoms with Gasteiger partial charge < -0.3 is 15.0 Å². The van der Waals surface area contributed by atoms with Gasteiger partial charge >= 0.3 is 0 Å². The molecule has 1 saturated carbocycles. The number of nitrogens with two attached hydrogens (primary N) is 1. The average Bonchev–Trinajstić information content (AvgIpc) is 3.00. The van der Waals surface area contributed by atoms with E-state index in [2.05, 4.69) is 10.1 Å². The minimum Gasteiger partial charge on any atom is -0.374 e. The number of nitrogens with zero attached hydrogens (tertiary/aromatic N) is 2. The van der Waals surface area contributed by atoms with E-state index in [-0.39, 0.29) is 5.54 Å². The lowest BCUT2D eigenvalue weighted by atomic mass is 9.77. The van der Waals surface area contributed by atoms with Crippen LogP contribution in [0.1, 0.15) is 56.2 Å². The van der Waals surface area contributed by atoms with Crippen molar-refractivity contribution >= 4 is 0 Å². The van der Waals surface area contributed by atoms with Gasteiger partial charge in [-0.2, -0.15) is 4.98 Å². The fourth-order valence-electron chi connectivity index (χ4n) is 3.27. The topological polar surface area (TPSA) is 74.2 Å². The third-order valence-corrected chi connectivity index (χ3v) is 4.56. The second-order valence-electron chi connectivity index (χ2n) is 5.68. The summed E-state index contributed by atoms with van der Waals surface area (Å²) in [4.78, 5) is 4.52. The highest BCUT2D eigenvalue weighted by Crippen LogP contribution is 2.45. The summed E-state index contributed by atoms with van der Waals surface area (Å²) >= 11 is 0. The van der Waals surface area contributed by atoms with Gasteiger partial charge in [0.25, 0.3) is 0 Å². The van der Waals surface area contributed by atoms with Crippen molar-refractivity contribution in [2.45, 2.75) is 62.2 Å². The molecule has 92 valence electrons. The Bertz CT molecular complexity index is 441. The summed E-state index contributed by atoms with van der Waals surface area (Å²) in [7, 11) is 0. The van der Waals surface area contributed by atoms with Crippen molar-refractivity contribution in [1.82, 2.24) is 10.1 Å². The van der Waals surface area contributed by atoms with Gasteiger partial charge in [0.1, 0.15) is 0 Å². The molecule has 3 heterocycles. The van der Waals surface area contributed by atoms with E-state index in [9.17, 15) is 0 Å². The van der Waals surface area contributed by atoms with Gasteiger partial charge in [0.05, 0.1) is 23.7 Å². The molecule has 3 aliphatic rings. The highest BCUT2D eigenvalue weighted by atomic mass is 16.5. The first-order valence-electron chi connectivity index (χ1n) is 6.53. The lowest BCUT2D eigenvalue weighted by Crippen LogP contribution is -2.44. The average molecular weight is 235 g/mol. The fraction of sp³-hybridized carbons (Fsp3) is 0.833. The van der Waals surface area contributed by atoms with Gasteiger partial charge in [0, 0.05) is 0 Å². The Morgan fingerprint density at radius 2 is 2.18 bits per heavy atom. The maximum Gasteiger partial charge on any atom is 0.232 e. The largest absolute Gasteiger partial charge is 0.374 e. The molecule has 3 fully saturated rings. The second-order valence-corrected chi connectivity index (χ2v) is 5.68. The molecule has 2 saturated heterocycles. The molecule has 1 aliphatic carbocycles. The van der Waals surface area contributed by atoms with Crippen LogP contribution in [-0.4, -0.2) is 22.3 Å². The minimum atomic E-state index is -0.319. The van der Waals surface area contributed by atoms with Crippen molar-refractivity contribution in [2.75, 3.05) is 0 Å². The van der Waals surface area contributed by atoms with Gasteiger partial charge in [-0.15, -0.1) is 0 Å². The van der Waals surface area contributed by atoms with Crippen LogP contribution in [0.5, 0.6) is 0 Å². The molecule has 0 amide bonds. The van der Waals surface area contributed by atoms with Crippen molar-refractivity contribution in [3.8, 4) is 0 Å². The van der Waals surface area contributed by atoms with Gasteiger partial charge in [0.2, 0.25) is 5.89 Å². The summed E-state index contributed by atoms with van der Waals surface area (Å²) in [5.41, 5.74) is 5.88. The summed E-state index contributed by atoms with van der Waals surface area (Å²) in [5.74, 6) is 1.74. The second kappa shape index (κ2) is 3.29. The molecular weight excluding hydrogens is 218 g/mol. The van der Waals surface area contributed by atoms with E-state index in [4.69, 9.17) is 15.0 Å². The van der Waals surface area contributed by atoms with Gasteiger partial charge in [-0.25, -0.2) is 0 Å². The summed E-state index contributed by atoms with van der Waals surface area (Å²) < 4.78 is 11.2. The molecule has 3 atom stereocenters. The quantitative estimate of drug-likeness (QED) is 0.839. The summed E-state index contributed by atoms with van der Waals surface area (Å²) in [6, 6.07) is 0. The molecule has 0 radical (unpaired) electrons. The summed E-state index contributed by atoms with van der Waals surface area (Å²) in [6.07, 6.45) is 7.16. The Morgan fingerprint density at radius 1 is 1.29 bits per heavy atom. The van der Waals surface area contributed by atoms with Crippen molar-refractivity contribution in [1.29, 1.82) is 0 Å². The Morgan fingerprint density at radius 3 is 2.76 bits per heavy atom. The van der Waals surface area contributed by atoms with E-state index in [0.29, 0.717) is 24.0 Å². The van der Waals surface area contributed by atoms with E-state index in [0.717, 1.165) is 38.0 Å². The van der Waals surface area contributed by atoms with Crippen molar-refractivity contribution in [3.05, 3.63) is 11.7 Å². The molecule has 2 N–H and O–H groups in total. The van der Waals surface area contributed by atoms with Crippen molar-refractivity contribution in [2.24, 2.45) is 5.73 Å². The Balaban J connectivity index is 1.59. The lowest BCUT2D eigenvalue weighted by molar-refractivity contribution is 0.0974. The standard InChI is InChI=1S/C12H17N3O2/c13-12(4-1-5-12)11-14-10(17-15-11)8-6-7-2-3-9(8)16-7/h7-9H,1-6,13H2. The predicted octanol–water partition coefficient (Wildman–Crippen LogP) is 1.44. The Kier molecular flexibility index (Phi) is 1.94. The molecule has 0 spiro atoms. The first-order valence-corrected chi connectivity index (χ1v) is 6.53. The monoisotopic (exact) mass is 235 g/mol. The number of rotatable bonds is 2. The number of fused-ring (bicyclic) bond motifs is 2. The minimum absolute atomic E-state index is 0.295. The molecule has 4 rings (SSSR count). The molecule has 1 aromatic rings. The van der Waals surface area contributed by atoms with Crippen LogP contribution in [0.15, 0.2) is 4.52 Å². The van der Waals surface area contributed by atoms with Gasteiger partial charge in [0.15, 0.2) is 5.82 Å². The first-order chi connectivity index (χ1) is 8.24. The van der Waals surface area contributed by atoms with Gasteiger partial charge in [-0.05, 0) is 38.5 Å². The smallest absolute Gasteiger partial charge is 0.232 e. The zero-order valence-corrected chi connectivity index (χ0v) is 9.76. The number of ether oxygens (including phenoxy) is 1. The van der Waals surface area contributed by atoms with Crippen LogP contribution in [-0.2, 0) is 10.3 Å². The number of aromatic nitrogens is 2. The highest BCUT2D eigenvalue weighted by molar-refractivity contribution is 5.12. The van der Waals surface area contributed by atoms with Crippen LogP contribution in [0, 0.1) is 0 Å². The zero-order chi connectivity index (χ0) is 11.5. The SMILES string of the molecule is NC1(c2noc(C3CC4CCC3O4)n2)CCC1. The number of hydrogen-bond donors (Lipinski definition) is 1. The highest BCUT2D eigenvalue weighted by Gasteiger charge is 2.45. The molecular formula is C12H17N3O2. The maximum absolute atomic E-state index is 6.20. The normalized spacial score (nSPS) is 38.3. The zero-order valence-electron chi connectivity index (χ0n) is 9.76. The number of hydrogen-bond acceptors (Lipinski definition) is 5. The fourth-order valence-corrected chi connectivity index (χ4v) is 3.27. The van der Waals surface area contributed by atoms with Gasteiger partial charge in [-0.3, -0.25) is 0 Å². The maximum atomic E-state index is 6.20. The molecule has 5 nitrogen and oxygen atoms in total. The van der Waals surface area contributed by atoms with E-state index in [1.165, 1.54) is 6.42 Å². The van der Waals surface area contributed by atoms with E-state index >= 15 is 0 Å². The van der Waals surface area contributed by atoms with Crippen LogP contribution < -0.4 is 5.73 Å². The predicted molar refractivity (Wildman–Crippen MR) is 59.3 cm³/mol. The van der Waals surface area contributed by atoms with Crippen molar-refractivity contribution < 1.29 is 9.26 Å². The van der Waals surface area contributed by atoms with Crippen LogP contribution in [0.25, 0.3) is 0 Å². The van der Waals surface area contributed by atoms with E-state index in [1.807, 2.05) is 0 Å².